The Hall–Kier alpha value is -1.95. The highest BCUT2D eigenvalue weighted by molar-refractivity contribution is 5.91. The molecule has 2 rings (SSSR count). The van der Waals surface area contributed by atoms with Gasteiger partial charge in [0.25, 0.3) is 0 Å². The van der Waals surface area contributed by atoms with Gasteiger partial charge in [0.1, 0.15) is 5.82 Å². The molecule has 0 bridgehead atoms. The molecule has 2 amide bonds. The summed E-state index contributed by atoms with van der Waals surface area (Å²) >= 11 is 0. The molecule has 1 aromatic heterocycles. The smallest absolute Gasteiger partial charge is 0.239 e. The van der Waals surface area contributed by atoms with E-state index in [-0.39, 0.29) is 18.4 Å². The van der Waals surface area contributed by atoms with Gasteiger partial charge in [0.2, 0.25) is 11.8 Å². The van der Waals surface area contributed by atoms with Crippen molar-refractivity contribution in [3.63, 3.8) is 0 Å². The van der Waals surface area contributed by atoms with Crippen molar-refractivity contribution in [1.29, 1.82) is 0 Å². The van der Waals surface area contributed by atoms with Crippen LogP contribution in [0.2, 0.25) is 0 Å². The SMILES string of the molecule is CNC(=O)[C@]1(C)CCCN(CC(=O)Nc2ccccn2)C1. The van der Waals surface area contributed by atoms with E-state index >= 15 is 0 Å². The second-order valence-corrected chi connectivity index (χ2v) is 5.72. The molecule has 2 N–H and O–H groups in total. The minimum absolute atomic E-state index is 0.0392. The second-order valence-electron chi connectivity index (χ2n) is 5.72. The van der Waals surface area contributed by atoms with E-state index in [1.807, 2.05) is 17.9 Å². The predicted octanol–water partition coefficient (Wildman–Crippen LogP) is 0.868. The highest BCUT2D eigenvalue weighted by Crippen LogP contribution is 2.29. The third-order valence-corrected chi connectivity index (χ3v) is 3.85. The summed E-state index contributed by atoms with van der Waals surface area (Å²) in [6.45, 7) is 3.67. The fourth-order valence-corrected chi connectivity index (χ4v) is 2.79. The fraction of sp³-hybridized carbons (Fsp3) is 0.533. The summed E-state index contributed by atoms with van der Waals surface area (Å²) in [4.78, 5) is 30.1. The number of piperidine rings is 1. The molecule has 21 heavy (non-hydrogen) atoms. The molecule has 0 saturated carbocycles. The van der Waals surface area contributed by atoms with Crippen LogP contribution in [0.15, 0.2) is 24.4 Å². The van der Waals surface area contributed by atoms with E-state index in [0.29, 0.717) is 12.4 Å². The molecule has 0 radical (unpaired) electrons. The topological polar surface area (TPSA) is 74.3 Å². The largest absolute Gasteiger partial charge is 0.359 e. The standard InChI is InChI=1S/C15H22N4O2/c1-15(14(21)16-2)7-5-9-19(11-15)10-13(20)18-12-6-3-4-8-17-12/h3-4,6,8H,5,7,9-11H2,1-2H3,(H,16,21)(H,17,18,20)/t15-/m1/s1. The molecule has 1 aromatic rings. The third kappa shape index (κ3) is 4.01. The zero-order valence-electron chi connectivity index (χ0n) is 12.6. The van der Waals surface area contributed by atoms with Crippen molar-refractivity contribution in [3.05, 3.63) is 24.4 Å². The van der Waals surface area contributed by atoms with E-state index in [2.05, 4.69) is 15.6 Å². The Morgan fingerprint density at radius 1 is 1.43 bits per heavy atom. The molecular weight excluding hydrogens is 268 g/mol. The Bertz CT molecular complexity index is 506. The van der Waals surface area contributed by atoms with Gasteiger partial charge in [-0.15, -0.1) is 0 Å². The summed E-state index contributed by atoms with van der Waals surface area (Å²) in [7, 11) is 1.65. The summed E-state index contributed by atoms with van der Waals surface area (Å²) < 4.78 is 0. The number of pyridine rings is 1. The molecule has 1 aliphatic rings. The van der Waals surface area contributed by atoms with Crippen LogP contribution >= 0.6 is 0 Å². The number of hydrogen-bond donors (Lipinski definition) is 2. The predicted molar refractivity (Wildman–Crippen MR) is 80.7 cm³/mol. The zero-order valence-corrected chi connectivity index (χ0v) is 12.6. The van der Waals surface area contributed by atoms with E-state index in [4.69, 9.17) is 0 Å². The van der Waals surface area contributed by atoms with Crippen LogP contribution in [0.3, 0.4) is 0 Å². The van der Waals surface area contributed by atoms with Gasteiger partial charge >= 0.3 is 0 Å². The number of nitrogens with zero attached hydrogens (tertiary/aromatic N) is 2. The molecule has 1 saturated heterocycles. The van der Waals surface area contributed by atoms with E-state index in [9.17, 15) is 9.59 Å². The monoisotopic (exact) mass is 290 g/mol. The molecule has 0 aliphatic carbocycles. The van der Waals surface area contributed by atoms with Crippen molar-refractivity contribution in [2.75, 3.05) is 32.0 Å². The first-order valence-corrected chi connectivity index (χ1v) is 7.19. The van der Waals surface area contributed by atoms with Gasteiger partial charge in [0.05, 0.1) is 12.0 Å². The molecule has 6 nitrogen and oxygen atoms in total. The van der Waals surface area contributed by atoms with Crippen molar-refractivity contribution in [2.45, 2.75) is 19.8 Å². The van der Waals surface area contributed by atoms with Gasteiger partial charge in [0.15, 0.2) is 0 Å². The fourth-order valence-electron chi connectivity index (χ4n) is 2.79. The lowest BCUT2D eigenvalue weighted by atomic mass is 9.81. The van der Waals surface area contributed by atoms with Crippen molar-refractivity contribution in [2.24, 2.45) is 5.41 Å². The zero-order chi connectivity index (χ0) is 15.3. The van der Waals surface area contributed by atoms with Gasteiger partial charge in [-0.05, 0) is 38.4 Å². The molecule has 6 heteroatoms. The van der Waals surface area contributed by atoms with Gasteiger partial charge in [-0.3, -0.25) is 14.5 Å². The number of aromatic nitrogens is 1. The van der Waals surface area contributed by atoms with Crippen molar-refractivity contribution in [1.82, 2.24) is 15.2 Å². The minimum Gasteiger partial charge on any atom is -0.359 e. The Morgan fingerprint density at radius 3 is 2.90 bits per heavy atom. The number of carbonyl (C=O) groups excluding carboxylic acids is 2. The number of hydrogen-bond acceptors (Lipinski definition) is 4. The van der Waals surface area contributed by atoms with Crippen molar-refractivity contribution < 1.29 is 9.59 Å². The molecule has 1 fully saturated rings. The molecule has 0 unspecified atom stereocenters. The lowest BCUT2D eigenvalue weighted by Crippen LogP contribution is -2.51. The van der Waals surface area contributed by atoms with Crippen LogP contribution in [-0.4, -0.2) is 48.4 Å². The number of likely N-dealkylation sites (tertiary alicyclic amines) is 1. The Kier molecular flexibility index (Phi) is 4.90. The van der Waals surface area contributed by atoms with Crippen LogP contribution in [0.5, 0.6) is 0 Å². The highest BCUT2D eigenvalue weighted by atomic mass is 16.2. The number of carbonyl (C=O) groups is 2. The summed E-state index contributed by atoms with van der Waals surface area (Å²) in [5.41, 5.74) is -0.418. The molecular formula is C15H22N4O2. The summed E-state index contributed by atoms with van der Waals surface area (Å²) in [6.07, 6.45) is 3.41. The van der Waals surface area contributed by atoms with Gasteiger partial charge in [-0.2, -0.15) is 0 Å². The first-order chi connectivity index (χ1) is 10.0. The van der Waals surface area contributed by atoms with E-state index in [0.717, 1.165) is 19.4 Å². The van der Waals surface area contributed by atoms with Crippen molar-refractivity contribution >= 4 is 17.6 Å². The van der Waals surface area contributed by atoms with E-state index in [1.165, 1.54) is 0 Å². The van der Waals surface area contributed by atoms with Gasteiger partial charge in [-0.25, -0.2) is 4.98 Å². The van der Waals surface area contributed by atoms with Crippen LogP contribution in [0.4, 0.5) is 5.82 Å². The van der Waals surface area contributed by atoms with Crippen LogP contribution < -0.4 is 10.6 Å². The van der Waals surface area contributed by atoms with Gasteiger partial charge in [0, 0.05) is 19.8 Å². The van der Waals surface area contributed by atoms with Gasteiger partial charge in [-0.1, -0.05) is 6.07 Å². The van der Waals surface area contributed by atoms with Crippen LogP contribution in [0.25, 0.3) is 0 Å². The molecule has 2 heterocycles. The normalized spacial score (nSPS) is 22.6. The lowest BCUT2D eigenvalue weighted by Gasteiger charge is -2.38. The molecule has 1 aliphatic heterocycles. The van der Waals surface area contributed by atoms with Crippen molar-refractivity contribution in [3.8, 4) is 0 Å². The summed E-state index contributed by atoms with van der Waals surface area (Å²) in [6, 6.07) is 5.38. The first-order valence-electron chi connectivity index (χ1n) is 7.19. The van der Waals surface area contributed by atoms with Crippen LogP contribution in [0.1, 0.15) is 19.8 Å². The Morgan fingerprint density at radius 2 is 2.24 bits per heavy atom. The summed E-state index contributed by atoms with van der Waals surface area (Å²) in [5.74, 6) is 0.487. The minimum atomic E-state index is -0.418. The Balaban J connectivity index is 1.90. The molecule has 0 spiro atoms. The number of rotatable bonds is 4. The quantitative estimate of drug-likeness (QED) is 0.863. The third-order valence-electron chi connectivity index (χ3n) is 3.85. The lowest BCUT2D eigenvalue weighted by molar-refractivity contribution is -0.133. The number of nitrogens with one attached hydrogen (secondary N) is 2. The second kappa shape index (κ2) is 6.67. The number of amides is 2. The molecule has 1 atom stereocenters. The maximum Gasteiger partial charge on any atom is 0.239 e. The average molecular weight is 290 g/mol. The number of anilines is 1. The molecule has 0 aromatic carbocycles. The highest BCUT2D eigenvalue weighted by Gasteiger charge is 2.37. The molecule has 114 valence electrons. The summed E-state index contributed by atoms with van der Waals surface area (Å²) in [5, 5.41) is 5.48. The maximum absolute atomic E-state index is 12.0. The van der Waals surface area contributed by atoms with E-state index in [1.54, 1.807) is 25.4 Å². The van der Waals surface area contributed by atoms with Gasteiger partial charge < -0.3 is 10.6 Å². The van der Waals surface area contributed by atoms with Crippen LogP contribution in [-0.2, 0) is 9.59 Å². The first kappa shape index (κ1) is 15.4. The van der Waals surface area contributed by atoms with E-state index < -0.39 is 5.41 Å². The average Bonchev–Trinajstić information content (AvgIpc) is 2.47. The maximum atomic E-state index is 12.0. The van der Waals surface area contributed by atoms with Crippen LogP contribution in [0, 0.1) is 5.41 Å². The Labute approximate surface area is 124 Å².